The van der Waals surface area contributed by atoms with Crippen LogP contribution in [-0.4, -0.2) is 61.4 Å². The molecule has 1 N–H and O–H groups in total. The summed E-state index contributed by atoms with van der Waals surface area (Å²) in [7, 11) is -4.06. The molecule has 0 saturated carbocycles. The van der Waals surface area contributed by atoms with Crippen LogP contribution in [0.5, 0.6) is 0 Å². The Hall–Kier alpha value is -3.40. The van der Waals surface area contributed by atoms with Gasteiger partial charge in [0.05, 0.1) is 16.7 Å². The number of hydrogen-bond donors (Lipinski definition) is 1. The minimum absolute atomic E-state index is 0.238. The van der Waals surface area contributed by atoms with Gasteiger partial charge in [-0.1, -0.05) is 5.16 Å². The number of amides is 2. The van der Waals surface area contributed by atoms with Gasteiger partial charge in [-0.25, -0.2) is 48.7 Å². The van der Waals surface area contributed by atoms with E-state index in [1.165, 1.54) is 6.92 Å². The number of alkyl halides is 2. The predicted molar refractivity (Wildman–Crippen MR) is 118 cm³/mol. The Bertz CT molecular complexity index is 1560. The first-order chi connectivity index (χ1) is 17.8. The second-order valence-corrected chi connectivity index (χ2v) is 10.9. The van der Waals surface area contributed by atoms with Crippen molar-refractivity contribution in [3.05, 3.63) is 47.3 Å². The molecule has 0 bridgehead atoms. The van der Waals surface area contributed by atoms with Crippen LogP contribution in [0.4, 0.5) is 41.3 Å². The van der Waals surface area contributed by atoms with Gasteiger partial charge in [0.25, 0.3) is 5.92 Å². The Labute approximate surface area is 210 Å². The molecule has 0 aliphatic carbocycles. The highest BCUT2D eigenvalue weighted by atomic mass is 32.2. The molecule has 5 rings (SSSR count). The molecule has 1 aromatic heterocycles. The molecule has 2 aromatic carbocycles. The molecule has 0 spiro atoms. The summed E-state index contributed by atoms with van der Waals surface area (Å²) >= 11 is 0. The lowest BCUT2D eigenvalue weighted by molar-refractivity contribution is -0.0448. The maximum absolute atomic E-state index is 15.0. The number of carbonyl (C=O) groups is 1. The minimum atomic E-state index is -4.06. The summed E-state index contributed by atoms with van der Waals surface area (Å²) in [6, 6.07) is -3.75. The van der Waals surface area contributed by atoms with Crippen molar-refractivity contribution in [3.63, 3.8) is 0 Å². The van der Waals surface area contributed by atoms with Crippen LogP contribution in [0.25, 0.3) is 22.1 Å². The van der Waals surface area contributed by atoms with E-state index in [4.69, 9.17) is 4.52 Å². The van der Waals surface area contributed by atoms with Crippen molar-refractivity contribution in [2.24, 2.45) is 0 Å². The molecule has 3 aromatic rings. The summed E-state index contributed by atoms with van der Waals surface area (Å²) in [6.45, 7) is 0.0635. The van der Waals surface area contributed by atoms with Crippen LogP contribution in [0.1, 0.15) is 13.3 Å². The summed E-state index contributed by atoms with van der Waals surface area (Å²) in [6.07, 6.45) is -0.407. The molecule has 0 unspecified atom stereocenters. The molecule has 204 valence electrons. The summed E-state index contributed by atoms with van der Waals surface area (Å²) in [5, 5.41) is 3.05. The highest BCUT2D eigenvalue weighted by molar-refractivity contribution is 7.89. The highest BCUT2D eigenvalue weighted by Gasteiger charge is 2.61. The van der Waals surface area contributed by atoms with Gasteiger partial charge >= 0.3 is 6.03 Å². The van der Waals surface area contributed by atoms with Gasteiger partial charge in [0, 0.05) is 36.9 Å². The Morgan fingerprint density at radius 3 is 2.37 bits per heavy atom. The Kier molecular flexibility index (Phi) is 6.09. The Morgan fingerprint density at radius 1 is 1.08 bits per heavy atom. The molecule has 2 aliphatic heterocycles. The van der Waals surface area contributed by atoms with Gasteiger partial charge in [-0.3, -0.25) is 4.90 Å². The van der Waals surface area contributed by atoms with Crippen LogP contribution >= 0.6 is 0 Å². The summed E-state index contributed by atoms with van der Waals surface area (Å²) in [5.41, 5.74) is -2.75. The normalized spacial score (nSPS) is 21.4. The molecule has 16 heteroatoms. The van der Waals surface area contributed by atoms with E-state index in [1.54, 1.807) is 0 Å². The fourth-order valence-corrected chi connectivity index (χ4v) is 5.63. The van der Waals surface area contributed by atoms with Crippen molar-refractivity contribution in [3.8, 4) is 11.1 Å². The van der Waals surface area contributed by atoms with Crippen molar-refractivity contribution in [1.29, 1.82) is 0 Å². The topological polar surface area (TPSA) is 95.8 Å². The van der Waals surface area contributed by atoms with Gasteiger partial charge in [0.15, 0.2) is 23.0 Å². The van der Waals surface area contributed by atoms with E-state index >= 15 is 13.2 Å². The summed E-state index contributed by atoms with van der Waals surface area (Å²) in [4.78, 5) is 14.8. The largest absolute Gasteiger partial charge is 0.354 e. The van der Waals surface area contributed by atoms with Crippen LogP contribution < -0.4 is 9.62 Å². The number of nitrogens with one attached hydrogen (secondary N) is 1. The van der Waals surface area contributed by atoms with Gasteiger partial charge in [0.2, 0.25) is 10.0 Å². The van der Waals surface area contributed by atoms with Crippen LogP contribution in [0.2, 0.25) is 0 Å². The van der Waals surface area contributed by atoms with Gasteiger partial charge in [-0.05, 0) is 13.3 Å². The second kappa shape index (κ2) is 8.83. The molecule has 2 fully saturated rings. The smallest absolute Gasteiger partial charge is 0.326 e. The van der Waals surface area contributed by atoms with Crippen molar-refractivity contribution >= 4 is 32.8 Å². The molecular formula is C22H17F7N4O4S. The zero-order chi connectivity index (χ0) is 27.7. The number of sulfonamides is 1. The van der Waals surface area contributed by atoms with Crippen molar-refractivity contribution in [2.45, 2.75) is 31.4 Å². The number of halogens is 7. The molecule has 2 aliphatic rings. The van der Waals surface area contributed by atoms with Gasteiger partial charge in [0.1, 0.15) is 29.5 Å². The van der Waals surface area contributed by atoms with Crippen molar-refractivity contribution < 1.29 is 48.5 Å². The number of benzene rings is 2. The molecular weight excluding hydrogens is 549 g/mol. The first-order valence-corrected chi connectivity index (χ1v) is 12.8. The van der Waals surface area contributed by atoms with Gasteiger partial charge in [-0.2, -0.15) is 0 Å². The molecule has 38 heavy (non-hydrogen) atoms. The van der Waals surface area contributed by atoms with E-state index in [-0.39, 0.29) is 12.1 Å². The highest BCUT2D eigenvalue weighted by Crippen LogP contribution is 2.44. The average Bonchev–Trinajstić information content (AvgIpc) is 3.34. The number of fused-ring (bicyclic) bond motifs is 2. The van der Waals surface area contributed by atoms with Crippen LogP contribution in [0.3, 0.4) is 0 Å². The van der Waals surface area contributed by atoms with Crippen LogP contribution in [-0.2, 0) is 10.0 Å². The van der Waals surface area contributed by atoms with E-state index in [1.807, 2.05) is 4.72 Å². The van der Waals surface area contributed by atoms with Gasteiger partial charge in [-0.15, -0.1) is 0 Å². The van der Waals surface area contributed by atoms with E-state index < -0.39 is 116 Å². The lowest BCUT2D eigenvalue weighted by atomic mass is 9.98. The molecule has 3 heterocycles. The maximum Gasteiger partial charge on any atom is 0.326 e. The molecule has 2 atom stereocenters. The van der Waals surface area contributed by atoms with E-state index in [0.717, 1.165) is 4.90 Å². The molecule has 2 amide bonds. The van der Waals surface area contributed by atoms with Crippen LogP contribution in [0, 0.1) is 29.1 Å². The predicted octanol–water partition coefficient (Wildman–Crippen LogP) is 4.15. The lowest BCUT2D eigenvalue weighted by Gasteiger charge is -2.37. The third-order valence-electron chi connectivity index (χ3n) is 6.62. The number of nitrogens with zero attached hydrogens (tertiary/aromatic N) is 3. The van der Waals surface area contributed by atoms with E-state index in [9.17, 15) is 30.8 Å². The number of carbonyl (C=O) groups excluding carboxylic acids is 1. The first-order valence-electron chi connectivity index (χ1n) is 11.1. The third-order valence-corrected chi connectivity index (χ3v) is 8.02. The first kappa shape index (κ1) is 26.2. The van der Waals surface area contributed by atoms with Gasteiger partial charge < -0.3 is 9.42 Å². The Morgan fingerprint density at radius 2 is 1.74 bits per heavy atom. The van der Waals surface area contributed by atoms with Crippen molar-refractivity contribution in [1.82, 2.24) is 14.8 Å². The average molecular weight is 566 g/mol. The second-order valence-electron chi connectivity index (χ2n) is 8.81. The van der Waals surface area contributed by atoms with E-state index in [0.29, 0.717) is 11.0 Å². The zero-order valence-corrected chi connectivity index (χ0v) is 20.1. The SMILES string of the molecule is CCS(=O)(=O)N[C@@H]1CN2C(=O)N(c3noc4cc(F)c(F)c(-c5c(F)cc(F)cc5F)c34)CC[C@@H]2C1(F)F. The monoisotopic (exact) mass is 566 g/mol. The fourth-order valence-electron chi connectivity index (χ4n) is 4.79. The fraction of sp³-hybridized carbons (Fsp3) is 0.364. The number of aromatic nitrogens is 1. The van der Waals surface area contributed by atoms with Crippen LogP contribution in [0.15, 0.2) is 22.7 Å². The quantitative estimate of drug-likeness (QED) is 0.469. The Balaban J connectivity index is 1.61. The molecule has 0 radical (unpaired) electrons. The maximum atomic E-state index is 15.0. The summed E-state index contributed by atoms with van der Waals surface area (Å²) in [5.74, 6) is -12.5. The number of rotatable bonds is 5. The molecule has 2 saturated heterocycles. The molecule has 8 nitrogen and oxygen atoms in total. The van der Waals surface area contributed by atoms with E-state index in [2.05, 4.69) is 5.16 Å². The van der Waals surface area contributed by atoms with Crippen molar-refractivity contribution in [2.75, 3.05) is 23.7 Å². The third kappa shape index (κ3) is 3.97. The summed E-state index contributed by atoms with van der Waals surface area (Å²) < 4.78 is 133. The minimum Gasteiger partial charge on any atom is -0.354 e. The number of urea groups is 1. The lowest BCUT2D eigenvalue weighted by Crippen LogP contribution is -2.56. The zero-order valence-electron chi connectivity index (χ0n) is 19.2. The standard InChI is InChI=1S/C22H17F7N4O4S/c1-2-38(35,36)31-14-8-33-15(22(14,28)29)3-4-32(21(33)34)20-17-13(37-30-20)7-12(26)19(27)18(17)16-10(24)5-9(23)6-11(16)25/h5-7,14-15,31H,2-4,8H2,1H3/t14-,15-/m1/s1. The number of anilines is 1. The number of hydrogen-bond acceptors (Lipinski definition) is 5.